The number of rotatable bonds is 7. The zero-order valence-electron chi connectivity index (χ0n) is 19.5. The van der Waals surface area contributed by atoms with Crippen LogP contribution in [0.5, 0.6) is 0 Å². The van der Waals surface area contributed by atoms with Crippen LogP contribution in [0.1, 0.15) is 36.5 Å². The van der Waals surface area contributed by atoms with Crippen molar-refractivity contribution in [1.29, 1.82) is 0 Å². The van der Waals surface area contributed by atoms with Gasteiger partial charge in [-0.2, -0.15) is 0 Å². The highest BCUT2D eigenvalue weighted by Gasteiger charge is 2.61. The molecule has 0 radical (unpaired) electrons. The van der Waals surface area contributed by atoms with E-state index in [-0.39, 0.29) is 27.6 Å². The highest BCUT2D eigenvalue weighted by Crippen LogP contribution is 2.55. The van der Waals surface area contributed by atoms with E-state index in [0.717, 1.165) is 6.07 Å². The lowest BCUT2D eigenvalue weighted by molar-refractivity contribution is -0.156. The van der Waals surface area contributed by atoms with E-state index in [1.165, 1.54) is 19.1 Å². The fourth-order valence-electron chi connectivity index (χ4n) is 5.25. The van der Waals surface area contributed by atoms with E-state index in [1.807, 2.05) is 0 Å². The first-order chi connectivity index (χ1) is 17.2. The number of nitrogens with one attached hydrogen (secondary N) is 1. The summed E-state index contributed by atoms with van der Waals surface area (Å²) in [6, 6.07) is 3.72. The number of hydrogen-bond donors (Lipinski definition) is 3. The highest BCUT2D eigenvalue weighted by atomic mass is 35.5. The number of nitrogens with two attached hydrogens (primary N) is 1. The number of amides is 1. The van der Waals surface area contributed by atoms with E-state index in [0.29, 0.717) is 25.0 Å². The fourth-order valence-corrected chi connectivity index (χ4v) is 8.18. The molecule has 0 heterocycles. The van der Waals surface area contributed by atoms with Crippen LogP contribution in [-0.2, 0) is 19.4 Å². The molecule has 1 amide bonds. The quantitative estimate of drug-likeness (QED) is 0.349. The van der Waals surface area contributed by atoms with Crippen molar-refractivity contribution in [2.75, 3.05) is 11.9 Å². The summed E-state index contributed by atoms with van der Waals surface area (Å²) in [4.78, 5) is 24.1. The van der Waals surface area contributed by atoms with Crippen LogP contribution >= 0.6 is 11.6 Å². The minimum absolute atomic E-state index is 0.0906. The molecule has 0 aromatic heterocycles. The number of carbonyl (C=O) groups is 2. The molecule has 200 valence electrons. The average molecular weight is 561 g/mol. The number of fused-ring (bicyclic) bond motifs is 2. The standard InChI is InChI=1S/C24H24ClF3N2O6S/c1-11(29)23(32)36-10-24(33)9-13-2-4-15(24)21(13)37(34,35)19-6-12(3-5-16(19)25)22(31)30-14-7-17(26)20(28)18(27)8-14/h3,5-8,11,13,15,21,33H,2,4,9-10,29H2,1H3,(H,30,31)/t11-,13?,15?,21?,24-/m0/s1. The molecule has 8 nitrogen and oxygen atoms in total. The summed E-state index contributed by atoms with van der Waals surface area (Å²) in [6.07, 6.45) is 0.991. The molecule has 3 unspecified atom stereocenters. The van der Waals surface area contributed by atoms with Crippen LogP contribution in [0.3, 0.4) is 0 Å². The maximum Gasteiger partial charge on any atom is 0.322 e. The van der Waals surface area contributed by atoms with Crippen molar-refractivity contribution < 1.29 is 41.0 Å². The zero-order valence-corrected chi connectivity index (χ0v) is 21.1. The summed E-state index contributed by atoms with van der Waals surface area (Å²) < 4.78 is 72.7. The third-order valence-electron chi connectivity index (χ3n) is 6.95. The molecule has 0 saturated heterocycles. The molecular formula is C24H24ClF3N2O6S. The van der Waals surface area contributed by atoms with Gasteiger partial charge in [0.25, 0.3) is 5.91 Å². The Bertz CT molecular complexity index is 1350. The van der Waals surface area contributed by atoms with Crippen molar-refractivity contribution in [2.45, 2.75) is 48.0 Å². The molecule has 2 aliphatic rings. The molecule has 4 rings (SSSR count). The number of aliphatic hydroxyl groups is 1. The van der Waals surface area contributed by atoms with Crippen molar-refractivity contribution in [3.8, 4) is 0 Å². The Labute approximate surface area is 215 Å². The number of carbonyl (C=O) groups excluding carboxylic acids is 2. The van der Waals surface area contributed by atoms with Crippen LogP contribution in [-0.4, -0.2) is 48.9 Å². The van der Waals surface area contributed by atoms with Gasteiger partial charge in [-0.25, -0.2) is 21.6 Å². The van der Waals surface area contributed by atoms with Crippen LogP contribution in [0.2, 0.25) is 5.02 Å². The van der Waals surface area contributed by atoms with E-state index in [2.05, 4.69) is 5.32 Å². The predicted molar refractivity (Wildman–Crippen MR) is 127 cm³/mol. The van der Waals surface area contributed by atoms with Crippen molar-refractivity contribution in [3.05, 3.63) is 58.4 Å². The molecule has 2 aromatic carbocycles. The number of halogens is 4. The summed E-state index contributed by atoms with van der Waals surface area (Å²) in [7, 11) is -4.19. The number of hydrogen-bond acceptors (Lipinski definition) is 7. The summed E-state index contributed by atoms with van der Waals surface area (Å²) in [5.74, 6) is -7.53. The smallest absolute Gasteiger partial charge is 0.322 e. The molecule has 2 aliphatic carbocycles. The van der Waals surface area contributed by atoms with E-state index in [9.17, 15) is 36.3 Å². The lowest BCUT2D eigenvalue weighted by atomic mass is 9.85. The van der Waals surface area contributed by atoms with Gasteiger partial charge in [0.05, 0.1) is 15.2 Å². The molecular weight excluding hydrogens is 537 g/mol. The second-order valence-corrected chi connectivity index (χ2v) is 12.0. The van der Waals surface area contributed by atoms with Gasteiger partial charge in [-0.15, -0.1) is 0 Å². The summed E-state index contributed by atoms with van der Waals surface area (Å²) >= 11 is 6.21. The van der Waals surface area contributed by atoms with E-state index in [4.69, 9.17) is 22.1 Å². The first-order valence-corrected chi connectivity index (χ1v) is 13.3. The Hall–Kier alpha value is -2.67. The van der Waals surface area contributed by atoms with Gasteiger partial charge in [0.15, 0.2) is 27.3 Å². The average Bonchev–Trinajstić information content (AvgIpc) is 3.37. The van der Waals surface area contributed by atoms with Gasteiger partial charge in [0.2, 0.25) is 0 Å². The van der Waals surface area contributed by atoms with Crippen LogP contribution in [0.4, 0.5) is 18.9 Å². The Morgan fingerprint density at radius 1 is 1.22 bits per heavy atom. The predicted octanol–water partition coefficient (Wildman–Crippen LogP) is 3.20. The number of sulfone groups is 1. The summed E-state index contributed by atoms with van der Waals surface area (Å²) in [5.41, 5.74) is 3.36. The lowest BCUT2D eigenvalue weighted by Crippen LogP contribution is -2.44. The maximum absolute atomic E-state index is 13.7. The van der Waals surface area contributed by atoms with E-state index in [1.54, 1.807) is 0 Å². The second kappa shape index (κ2) is 9.90. The topological polar surface area (TPSA) is 136 Å². The van der Waals surface area contributed by atoms with E-state index >= 15 is 0 Å². The molecule has 13 heteroatoms. The Morgan fingerprint density at radius 3 is 2.49 bits per heavy atom. The largest absolute Gasteiger partial charge is 0.461 e. The first-order valence-electron chi connectivity index (χ1n) is 11.4. The Kier molecular flexibility index (Phi) is 7.32. The highest BCUT2D eigenvalue weighted by molar-refractivity contribution is 7.92. The molecule has 4 N–H and O–H groups in total. The molecule has 37 heavy (non-hydrogen) atoms. The third kappa shape index (κ3) is 5.07. The van der Waals surface area contributed by atoms with Crippen LogP contribution in [0.25, 0.3) is 0 Å². The van der Waals surface area contributed by atoms with Crippen LogP contribution in [0.15, 0.2) is 35.2 Å². The van der Waals surface area contributed by atoms with Gasteiger partial charge in [-0.05, 0) is 50.3 Å². The molecule has 0 spiro atoms. The van der Waals surface area contributed by atoms with E-state index < -0.39 is 74.5 Å². The summed E-state index contributed by atoms with van der Waals surface area (Å²) in [5, 5.41) is 12.2. The van der Waals surface area contributed by atoms with Gasteiger partial charge in [-0.1, -0.05) is 11.6 Å². The number of anilines is 1. The minimum atomic E-state index is -4.19. The minimum Gasteiger partial charge on any atom is -0.461 e. The van der Waals surface area contributed by atoms with Crippen LogP contribution in [0, 0.1) is 29.3 Å². The SMILES string of the molecule is C[C@H](N)C(=O)OC[C@@]1(O)CC2CCC1C2S(=O)(=O)c1cc(C(=O)Nc2cc(F)c(F)c(F)c2)ccc1Cl. The van der Waals surface area contributed by atoms with Crippen LogP contribution < -0.4 is 11.1 Å². The molecule has 2 bridgehead atoms. The zero-order chi connectivity index (χ0) is 27.3. The molecule has 2 aromatic rings. The second-order valence-electron chi connectivity index (χ2n) is 9.51. The molecule has 0 aliphatic heterocycles. The van der Waals surface area contributed by atoms with Gasteiger partial charge in [-0.3, -0.25) is 9.59 Å². The lowest BCUT2D eigenvalue weighted by Gasteiger charge is -2.32. The maximum atomic E-state index is 13.7. The van der Waals surface area contributed by atoms with Gasteiger partial charge < -0.3 is 20.9 Å². The summed E-state index contributed by atoms with van der Waals surface area (Å²) in [6.45, 7) is 1.02. The fraction of sp³-hybridized carbons (Fsp3) is 0.417. The number of benzene rings is 2. The normalized spacial score (nSPS) is 25.6. The third-order valence-corrected chi connectivity index (χ3v) is 9.77. The molecule has 2 fully saturated rings. The van der Waals surface area contributed by atoms with Crippen molar-refractivity contribution in [2.24, 2.45) is 17.6 Å². The first kappa shape index (κ1) is 27.4. The van der Waals surface area contributed by atoms with Crippen molar-refractivity contribution in [3.63, 3.8) is 0 Å². The molecule has 5 atom stereocenters. The number of esters is 1. The Morgan fingerprint density at radius 2 is 1.86 bits per heavy atom. The molecule has 2 saturated carbocycles. The van der Waals surface area contributed by atoms with Gasteiger partial charge in [0.1, 0.15) is 18.2 Å². The van der Waals surface area contributed by atoms with Gasteiger partial charge in [0, 0.05) is 29.3 Å². The van der Waals surface area contributed by atoms with Gasteiger partial charge >= 0.3 is 5.97 Å². The monoisotopic (exact) mass is 560 g/mol. The van der Waals surface area contributed by atoms with Crippen molar-refractivity contribution >= 4 is 39.0 Å². The number of ether oxygens (including phenoxy) is 1. The van der Waals surface area contributed by atoms with Crippen molar-refractivity contribution in [1.82, 2.24) is 0 Å². The Balaban J connectivity index is 1.59.